The second kappa shape index (κ2) is 5.69. The van der Waals surface area contributed by atoms with Crippen molar-refractivity contribution < 1.29 is 4.39 Å². The molecule has 1 N–H and O–H groups in total. The third-order valence-electron chi connectivity index (χ3n) is 2.52. The molecular formula is C14H13ClFN. The first-order valence-electron chi connectivity index (χ1n) is 5.49. The third-order valence-corrected chi connectivity index (χ3v) is 2.82. The van der Waals surface area contributed by atoms with E-state index >= 15 is 0 Å². The monoisotopic (exact) mass is 249 g/mol. The van der Waals surface area contributed by atoms with E-state index in [9.17, 15) is 4.39 Å². The van der Waals surface area contributed by atoms with E-state index in [-0.39, 0.29) is 10.8 Å². The van der Waals surface area contributed by atoms with Crippen LogP contribution in [0.5, 0.6) is 0 Å². The molecule has 0 aromatic heterocycles. The summed E-state index contributed by atoms with van der Waals surface area (Å²) in [7, 11) is 0. The van der Waals surface area contributed by atoms with E-state index in [1.165, 1.54) is 5.56 Å². The third kappa shape index (κ3) is 3.21. The molecule has 2 rings (SSSR count). The van der Waals surface area contributed by atoms with E-state index in [2.05, 4.69) is 17.4 Å². The molecule has 0 radical (unpaired) electrons. The maximum atomic E-state index is 13.5. The van der Waals surface area contributed by atoms with E-state index in [0.29, 0.717) is 12.2 Å². The minimum absolute atomic E-state index is 0.148. The first-order valence-corrected chi connectivity index (χ1v) is 5.87. The van der Waals surface area contributed by atoms with Gasteiger partial charge in [0.1, 0.15) is 0 Å². The van der Waals surface area contributed by atoms with E-state index in [4.69, 9.17) is 11.6 Å². The van der Waals surface area contributed by atoms with Crippen LogP contribution in [0.3, 0.4) is 0 Å². The van der Waals surface area contributed by atoms with Crippen LogP contribution in [0.2, 0.25) is 5.02 Å². The first kappa shape index (κ1) is 11.9. The average Bonchev–Trinajstić information content (AvgIpc) is 2.36. The van der Waals surface area contributed by atoms with E-state index < -0.39 is 0 Å². The topological polar surface area (TPSA) is 12.0 Å². The molecule has 0 amide bonds. The van der Waals surface area contributed by atoms with Crippen molar-refractivity contribution in [2.75, 3.05) is 11.9 Å². The molecule has 17 heavy (non-hydrogen) atoms. The Morgan fingerprint density at radius 1 is 1.00 bits per heavy atom. The summed E-state index contributed by atoms with van der Waals surface area (Å²) in [5.41, 5.74) is 1.68. The molecule has 3 heteroatoms. The van der Waals surface area contributed by atoms with Crippen LogP contribution in [0.15, 0.2) is 48.5 Å². The van der Waals surface area contributed by atoms with Gasteiger partial charge in [0.25, 0.3) is 0 Å². The number of anilines is 1. The molecule has 2 aromatic rings. The quantitative estimate of drug-likeness (QED) is 0.859. The summed E-state index contributed by atoms with van der Waals surface area (Å²) in [5.74, 6) is -0.387. The highest BCUT2D eigenvalue weighted by atomic mass is 35.5. The molecule has 0 fully saturated rings. The Balaban J connectivity index is 1.93. The van der Waals surface area contributed by atoms with Crippen LogP contribution >= 0.6 is 11.6 Å². The Kier molecular flexibility index (Phi) is 3.99. The molecule has 0 spiro atoms. The number of rotatable bonds is 4. The molecule has 0 saturated heterocycles. The fraction of sp³-hybridized carbons (Fsp3) is 0.143. The number of hydrogen-bond acceptors (Lipinski definition) is 1. The zero-order valence-electron chi connectivity index (χ0n) is 9.29. The summed E-state index contributed by atoms with van der Waals surface area (Å²) in [4.78, 5) is 0. The van der Waals surface area contributed by atoms with Gasteiger partial charge < -0.3 is 5.32 Å². The summed E-state index contributed by atoms with van der Waals surface area (Å²) in [6, 6.07) is 15.0. The smallest absolute Gasteiger partial charge is 0.164 e. The molecule has 0 aliphatic heterocycles. The molecule has 88 valence electrons. The van der Waals surface area contributed by atoms with Crippen LogP contribution in [0.1, 0.15) is 5.56 Å². The highest BCUT2D eigenvalue weighted by molar-refractivity contribution is 6.31. The summed E-state index contributed by atoms with van der Waals surface area (Å²) >= 11 is 5.69. The van der Waals surface area contributed by atoms with Gasteiger partial charge in [0, 0.05) is 6.54 Å². The van der Waals surface area contributed by atoms with Crippen LogP contribution in [0.25, 0.3) is 0 Å². The molecule has 1 nitrogen and oxygen atoms in total. The summed E-state index contributed by atoms with van der Waals surface area (Å²) < 4.78 is 13.5. The lowest BCUT2D eigenvalue weighted by atomic mass is 10.1. The predicted octanol–water partition coefficient (Wildman–Crippen LogP) is 4.13. The van der Waals surface area contributed by atoms with E-state index in [1.807, 2.05) is 18.2 Å². The number of hydrogen-bond donors (Lipinski definition) is 1. The SMILES string of the molecule is Fc1c(Cl)cccc1NCCc1ccccc1. The Morgan fingerprint density at radius 2 is 1.76 bits per heavy atom. The normalized spacial score (nSPS) is 10.2. The Hall–Kier alpha value is -1.54. The fourth-order valence-corrected chi connectivity index (χ4v) is 1.80. The van der Waals surface area contributed by atoms with Crippen LogP contribution in [-0.2, 0) is 6.42 Å². The van der Waals surface area contributed by atoms with Gasteiger partial charge >= 0.3 is 0 Å². The second-order valence-corrected chi connectivity index (χ2v) is 4.17. The van der Waals surface area contributed by atoms with Crippen molar-refractivity contribution in [2.24, 2.45) is 0 Å². The minimum atomic E-state index is -0.387. The highest BCUT2D eigenvalue weighted by Crippen LogP contribution is 2.21. The number of benzene rings is 2. The van der Waals surface area contributed by atoms with Gasteiger partial charge in [-0.2, -0.15) is 0 Å². The molecule has 0 heterocycles. The Morgan fingerprint density at radius 3 is 2.53 bits per heavy atom. The lowest BCUT2D eigenvalue weighted by Crippen LogP contribution is -2.06. The largest absolute Gasteiger partial charge is 0.382 e. The summed E-state index contributed by atoms with van der Waals surface area (Å²) in [6.07, 6.45) is 0.854. The zero-order chi connectivity index (χ0) is 12.1. The first-order chi connectivity index (χ1) is 8.27. The van der Waals surface area contributed by atoms with E-state index in [0.717, 1.165) is 6.42 Å². The van der Waals surface area contributed by atoms with Crippen LogP contribution in [0.4, 0.5) is 10.1 Å². The van der Waals surface area contributed by atoms with Gasteiger partial charge in [-0.05, 0) is 24.1 Å². The summed E-state index contributed by atoms with van der Waals surface area (Å²) in [5, 5.41) is 3.19. The van der Waals surface area contributed by atoms with Crippen molar-refractivity contribution in [2.45, 2.75) is 6.42 Å². The van der Waals surface area contributed by atoms with Gasteiger partial charge in [0.2, 0.25) is 0 Å². The van der Waals surface area contributed by atoms with Gasteiger partial charge in [-0.25, -0.2) is 4.39 Å². The van der Waals surface area contributed by atoms with Crippen molar-refractivity contribution in [3.8, 4) is 0 Å². The Labute approximate surface area is 105 Å². The number of nitrogens with one attached hydrogen (secondary N) is 1. The van der Waals surface area contributed by atoms with Crippen molar-refractivity contribution in [3.63, 3.8) is 0 Å². The maximum Gasteiger partial charge on any atom is 0.164 e. The van der Waals surface area contributed by atoms with Gasteiger partial charge in [-0.3, -0.25) is 0 Å². The fourth-order valence-electron chi connectivity index (χ4n) is 1.63. The molecule has 0 saturated carbocycles. The number of halogens is 2. The van der Waals surface area contributed by atoms with Crippen LogP contribution < -0.4 is 5.32 Å². The van der Waals surface area contributed by atoms with Crippen LogP contribution in [-0.4, -0.2) is 6.54 Å². The summed E-state index contributed by atoms with van der Waals surface area (Å²) in [6.45, 7) is 0.682. The molecule has 0 aliphatic rings. The van der Waals surface area contributed by atoms with Gasteiger partial charge in [-0.1, -0.05) is 48.0 Å². The standard InChI is InChI=1S/C14H13ClFN/c15-12-7-4-8-13(14(12)16)17-10-9-11-5-2-1-3-6-11/h1-8,17H,9-10H2. The second-order valence-electron chi connectivity index (χ2n) is 3.76. The highest BCUT2D eigenvalue weighted by Gasteiger charge is 2.04. The molecule has 0 bridgehead atoms. The van der Waals surface area contributed by atoms with Crippen molar-refractivity contribution in [3.05, 3.63) is 64.9 Å². The van der Waals surface area contributed by atoms with Gasteiger partial charge in [0.15, 0.2) is 5.82 Å². The van der Waals surface area contributed by atoms with Crippen LogP contribution in [0, 0.1) is 5.82 Å². The molecular weight excluding hydrogens is 237 g/mol. The maximum absolute atomic E-state index is 13.5. The molecule has 0 aliphatic carbocycles. The molecule has 2 aromatic carbocycles. The average molecular weight is 250 g/mol. The van der Waals surface area contributed by atoms with Crippen molar-refractivity contribution in [1.29, 1.82) is 0 Å². The van der Waals surface area contributed by atoms with Crippen molar-refractivity contribution >= 4 is 17.3 Å². The van der Waals surface area contributed by atoms with Gasteiger partial charge in [-0.15, -0.1) is 0 Å². The van der Waals surface area contributed by atoms with Crippen molar-refractivity contribution in [1.82, 2.24) is 0 Å². The molecule has 0 atom stereocenters. The Bertz CT molecular complexity index is 485. The predicted molar refractivity (Wildman–Crippen MR) is 70.0 cm³/mol. The zero-order valence-corrected chi connectivity index (χ0v) is 10.0. The van der Waals surface area contributed by atoms with E-state index in [1.54, 1.807) is 18.2 Å². The minimum Gasteiger partial charge on any atom is -0.382 e. The lowest BCUT2D eigenvalue weighted by Gasteiger charge is -2.08. The molecule has 0 unspecified atom stereocenters. The van der Waals surface area contributed by atoms with Gasteiger partial charge in [0.05, 0.1) is 10.7 Å². The lowest BCUT2D eigenvalue weighted by molar-refractivity contribution is 0.630.